The Morgan fingerprint density at radius 1 is 1.00 bits per heavy atom. The van der Waals surface area contributed by atoms with E-state index in [1.165, 1.54) is 11.8 Å². The third-order valence-electron chi connectivity index (χ3n) is 4.04. The summed E-state index contributed by atoms with van der Waals surface area (Å²) >= 11 is 7.25. The Bertz CT molecular complexity index is 1100. The van der Waals surface area contributed by atoms with E-state index in [-0.39, 0.29) is 11.7 Å². The highest BCUT2D eigenvalue weighted by molar-refractivity contribution is 7.99. The largest absolute Gasteiger partial charge is 0.351 e. The lowest BCUT2D eigenvalue weighted by Crippen LogP contribution is -2.24. The second kappa shape index (κ2) is 8.41. The van der Waals surface area contributed by atoms with Crippen molar-refractivity contribution in [2.24, 2.45) is 0 Å². The molecule has 2 aromatic heterocycles. The van der Waals surface area contributed by atoms with E-state index in [2.05, 4.69) is 20.6 Å². The van der Waals surface area contributed by atoms with Gasteiger partial charge in [-0.2, -0.15) is 9.61 Å². The van der Waals surface area contributed by atoms with Crippen molar-refractivity contribution in [3.05, 3.63) is 77.3 Å². The number of rotatable bonds is 6. The molecule has 0 fully saturated rings. The molecule has 0 spiro atoms. The number of fused-ring (bicyclic) bond motifs is 1. The smallest absolute Gasteiger partial charge is 0.230 e. The van der Waals surface area contributed by atoms with E-state index in [9.17, 15) is 4.79 Å². The van der Waals surface area contributed by atoms with Crippen LogP contribution in [0.15, 0.2) is 71.9 Å². The fraction of sp³-hybridized carbons (Fsp3) is 0.100. The normalized spacial score (nSPS) is 10.9. The molecule has 0 aliphatic heterocycles. The Morgan fingerprint density at radius 2 is 1.79 bits per heavy atom. The number of aromatic nitrogens is 4. The van der Waals surface area contributed by atoms with E-state index < -0.39 is 0 Å². The first-order valence-electron chi connectivity index (χ1n) is 8.61. The summed E-state index contributed by atoms with van der Waals surface area (Å²) in [6.07, 6.45) is 0. The molecule has 28 heavy (non-hydrogen) atoms. The molecule has 0 unspecified atom stereocenters. The Morgan fingerprint density at radius 3 is 2.57 bits per heavy atom. The van der Waals surface area contributed by atoms with Crippen LogP contribution in [0.25, 0.3) is 16.9 Å². The first kappa shape index (κ1) is 18.5. The van der Waals surface area contributed by atoms with Crippen LogP contribution >= 0.6 is 23.4 Å². The monoisotopic (exact) mass is 409 g/mol. The molecular weight excluding hydrogens is 394 g/mol. The van der Waals surface area contributed by atoms with Gasteiger partial charge in [0.25, 0.3) is 0 Å². The van der Waals surface area contributed by atoms with Crippen LogP contribution in [0, 0.1) is 0 Å². The lowest BCUT2D eigenvalue weighted by atomic mass is 10.1. The Balaban J connectivity index is 1.44. The van der Waals surface area contributed by atoms with Gasteiger partial charge in [0, 0.05) is 17.1 Å². The van der Waals surface area contributed by atoms with E-state index in [0.717, 1.165) is 16.8 Å². The molecule has 0 bridgehead atoms. The zero-order chi connectivity index (χ0) is 19.3. The topological polar surface area (TPSA) is 72.2 Å². The first-order valence-corrected chi connectivity index (χ1v) is 9.97. The molecule has 140 valence electrons. The zero-order valence-corrected chi connectivity index (χ0v) is 16.3. The molecule has 0 saturated carbocycles. The quantitative estimate of drug-likeness (QED) is 0.490. The van der Waals surface area contributed by atoms with E-state index in [1.807, 2.05) is 66.7 Å². The van der Waals surface area contributed by atoms with Crippen LogP contribution in [0.3, 0.4) is 0 Å². The number of benzene rings is 2. The predicted molar refractivity (Wildman–Crippen MR) is 110 cm³/mol. The number of amides is 1. The van der Waals surface area contributed by atoms with Crippen molar-refractivity contribution in [2.75, 3.05) is 5.75 Å². The van der Waals surface area contributed by atoms with Crippen LogP contribution in [0.2, 0.25) is 5.02 Å². The van der Waals surface area contributed by atoms with Gasteiger partial charge in [0.05, 0.1) is 11.4 Å². The Hall–Kier alpha value is -2.90. The SMILES string of the molecule is O=C(CSc1nnc2ccc(-c3ccc(Cl)cc3)nn12)NCc1ccccc1. The highest BCUT2D eigenvalue weighted by atomic mass is 35.5. The summed E-state index contributed by atoms with van der Waals surface area (Å²) in [6, 6.07) is 21.0. The second-order valence-electron chi connectivity index (χ2n) is 6.03. The van der Waals surface area contributed by atoms with Crippen molar-refractivity contribution >= 4 is 34.9 Å². The molecule has 0 atom stereocenters. The van der Waals surface area contributed by atoms with Gasteiger partial charge in [-0.3, -0.25) is 4.79 Å². The molecule has 4 aromatic rings. The summed E-state index contributed by atoms with van der Waals surface area (Å²) in [5.74, 6) is 0.167. The van der Waals surface area contributed by atoms with Crippen molar-refractivity contribution in [3.63, 3.8) is 0 Å². The molecule has 6 nitrogen and oxygen atoms in total. The van der Waals surface area contributed by atoms with Crippen molar-refractivity contribution in [2.45, 2.75) is 11.7 Å². The van der Waals surface area contributed by atoms with Gasteiger partial charge in [-0.05, 0) is 29.8 Å². The number of halogens is 1. The van der Waals surface area contributed by atoms with Crippen LogP contribution in [-0.4, -0.2) is 31.5 Å². The standard InChI is InChI=1S/C20H16ClN5OS/c21-16-8-6-15(7-9-16)17-10-11-18-23-24-20(26(18)25-17)28-13-19(27)22-12-14-4-2-1-3-5-14/h1-11H,12-13H2,(H,22,27). The summed E-state index contributed by atoms with van der Waals surface area (Å²) < 4.78 is 1.65. The fourth-order valence-corrected chi connectivity index (χ4v) is 3.45. The van der Waals surface area contributed by atoms with Gasteiger partial charge < -0.3 is 5.32 Å². The van der Waals surface area contributed by atoms with Crippen LogP contribution in [0.1, 0.15) is 5.56 Å². The third kappa shape index (κ3) is 4.32. The van der Waals surface area contributed by atoms with Gasteiger partial charge in [0.15, 0.2) is 5.65 Å². The minimum absolute atomic E-state index is 0.0699. The minimum atomic E-state index is -0.0699. The van der Waals surface area contributed by atoms with E-state index in [4.69, 9.17) is 11.6 Å². The van der Waals surface area contributed by atoms with E-state index >= 15 is 0 Å². The van der Waals surface area contributed by atoms with Gasteiger partial charge >= 0.3 is 0 Å². The average Bonchev–Trinajstić information content (AvgIpc) is 3.14. The second-order valence-corrected chi connectivity index (χ2v) is 7.41. The van der Waals surface area contributed by atoms with Crippen LogP contribution in [-0.2, 0) is 11.3 Å². The lowest BCUT2D eigenvalue weighted by Gasteiger charge is -2.05. The molecule has 0 aliphatic carbocycles. The Kier molecular flexibility index (Phi) is 5.55. The van der Waals surface area contributed by atoms with E-state index in [1.54, 1.807) is 4.52 Å². The maximum atomic E-state index is 12.1. The van der Waals surface area contributed by atoms with Crippen molar-refractivity contribution in [1.82, 2.24) is 25.1 Å². The van der Waals surface area contributed by atoms with Crippen molar-refractivity contribution in [1.29, 1.82) is 0 Å². The molecule has 2 heterocycles. The number of hydrogen-bond acceptors (Lipinski definition) is 5. The maximum absolute atomic E-state index is 12.1. The van der Waals surface area contributed by atoms with Gasteiger partial charge in [-0.25, -0.2) is 0 Å². The lowest BCUT2D eigenvalue weighted by molar-refractivity contribution is -0.118. The number of hydrogen-bond donors (Lipinski definition) is 1. The van der Waals surface area contributed by atoms with Gasteiger partial charge in [0.1, 0.15) is 0 Å². The highest BCUT2D eigenvalue weighted by Crippen LogP contribution is 2.22. The number of nitrogens with zero attached hydrogens (tertiary/aromatic N) is 4. The Labute approximate surface area is 170 Å². The van der Waals surface area contributed by atoms with Crippen molar-refractivity contribution < 1.29 is 4.79 Å². The van der Waals surface area contributed by atoms with Gasteiger partial charge in [-0.15, -0.1) is 10.2 Å². The molecular formula is C20H16ClN5OS. The molecule has 2 aromatic carbocycles. The summed E-state index contributed by atoms with van der Waals surface area (Å²) in [7, 11) is 0. The molecule has 8 heteroatoms. The maximum Gasteiger partial charge on any atom is 0.230 e. The molecule has 0 saturated heterocycles. The average molecular weight is 410 g/mol. The summed E-state index contributed by atoms with van der Waals surface area (Å²) in [4.78, 5) is 12.1. The summed E-state index contributed by atoms with van der Waals surface area (Å²) in [5.41, 5.74) is 3.41. The number of thioether (sulfide) groups is 1. The molecule has 0 aliphatic rings. The highest BCUT2D eigenvalue weighted by Gasteiger charge is 2.11. The molecule has 1 N–H and O–H groups in total. The molecule has 1 amide bonds. The minimum Gasteiger partial charge on any atom is -0.351 e. The number of nitrogens with one attached hydrogen (secondary N) is 1. The summed E-state index contributed by atoms with van der Waals surface area (Å²) in [5, 5.41) is 17.0. The predicted octanol–water partition coefficient (Wildman–Crippen LogP) is 3.85. The van der Waals surface area contributed by atoms with Crippen LogP contribution in [0.4, 0.5) is 0 Å². The molecule has 0 radical (unpaired) electrons. The number of carbonyl (C=O) groups is 1. The summed E-state index contributed by atoms with van der Waals surface area (Å²) in [6.45, 7) is 0.500. The zero-order valence-electron chi connectivity index (χ0n) is 14.7. The van der Waals surface area contributed by atoms with E-state index in [0.29, 0.717) is 22.4 Å². The van der Waals surface area contributed by atoms with Crippen LogP contribution < -0.4 is 5.32 Å². The first-order chi connectivity index (χ1) is 13.7. The van der Waals surface area contributed by atoms with Crippen molar-refractivity contribution in [3.8, 4) is 11.3 Å². The third-order valence-corrected chi connectivity index (χ3v) is 5.21. The van der Waals surface area contributed by atoms with Gasteiger partial charge in [0.2, 0.25) is 11.1 Å². The fourth-order valence-electron chi connectivity index (χ4n) is 2.61. The van der Waals surface area contributed by atoms with Crippen LogP contribution in [0.5, 0.6) is 0 Å². The van der Waals surface area contributed by atoms with Gasteiger partial charge in [-0.1, -0.05) is 65.8 Å². The molecule has 4 rings (SSSR count). The number of carbonyl (C=O) groups excluding carboxylic acids is 1.